The Morgan fingerprint density at radius 3 is 2.50 bits per heavy atom. The molecule has 1 aromatic rings. The first-order chi connectivity index (χ1) is 8.59. The van der Waals surface area contributed by atoms with Crippen LogP contribution in [0.2, 0.25) is 0 Å². The van der Waals surface area contributed by atoms with E-state index in [-0.39, 0.29) is 0 Å². The second-order valence-corrected chi connectivity index (χ2v) is 5.71. The summed E-state index contributed by atoms with van der Waals surface area (Å²) in [6.07, 6.45) is 3.03. The van der Waals surface area contributed by atoms with E-state index >= 15 is 0 Å². The van der Waals surface area contributed by atoms with Crippen molar-refractivity contribution in [3.8, 4) is 6.07 Å². The Balaban J connectivity index is 2.29. The second-order valence-electron chi connectivity index (χ2n) is 5.71. The molecule has 0 radical (unpaired) electrons. The molecule has 96 valence electrons. The molecule has 1 aliphatic rings. The highest BCUT2D eigenvalue weighted by Gasteiger charge is 2.42. The first kappa shape index (κ1) is 13.1. The number of hydrogen-bond acceptors (Lipinski definition) is 2. The van der Waals surface area contributed by atoms with Crippen molar-refractivity contribution in [2.75, 3.05) is 0 Å². The van der Waals surface area contributed by atoms with Crippen LogP contribution < -0.4 is 0 Å². The van der Waals surface area contributed by atoms with E-state index in [1.54, 1.807) is 0 Å². The number of benzene rings is 1. The summed E-state index contributed by atoms with van der Waals surface area (Å²) in [5.74, 6) is 0.676. The van der Waals surface area contributed by atoms with E-state index in [0.29, 0.717) is 5.92 Å². The molecule has 0 saturated heterocycles. The van der Waals surface area contributed by atoms with Gasteiger partial charge in [0.15, 0.2) is 0 Å². The Bertz CT molecular complexity index is 452. The molecule has 0 bridgehead atoms. The van der Waals surface area contributed by atoms with Crippen molar-refractivity contribution >= 4 is 0 Å². The van der Waals surface area contributed by atoms with Gasteiger partial charge in [0.25, 0.3) is 0 Å². The number of aryl methyl sites for hydroxylation is 1. The number of nitriles is 1. The third-order valence-electron chi connectivity index (χ3n) is 4.40. The summed E-state index contributed by atoms with van der Waals surface area (Å²) in [4.78, 5) is 0. The van der Waals surface area contributed by atoms with Gasteiger partial charge in [0.2, 0.25) is 0 Å². The monoisotopic (exact) mass is 243 g/mol. The number of nitrogens with zero attached hydrogens (tertiary/aromatic N) is 1. The van der Waals surface area contributed by atoms with Crippen LogP contribution in [0.1, 0.15) is 49.8 Å². The molecule has 1 aromatic carbocycles. The lowest BCUT2D eigenvalue weighted by molar-refractivity contribution is 0.0262. The molecule has 18 heavy (non-hydrogen) atoms. The molecule has 1 aliphatic carbocycles. The van der Waals surface area contributed by atoms with Crippen LogP contribution in [-0.4, -0.2) is 5.11 Å². The lowest BCUT2D eigenvalue weighted by Gasteiger charge is -2.38. The van der Waals surface area contributed by atoms with Gasteiger partial charge < -0.3 is 5.11 Å². The van der Waals surface area contributed by atoms with Crippen LogP contribution in [-0.2, 0) is 0 Å². The fourth-order valence-electron chi connectivity index (χ4n) is 2.91. The largest absolute Gasteiger partial charge is 0.387 e. The van der Waals surface area contributed by atoms with E-state index in [0.717, 1.165) is 36.8 Å². The zero-order valence-corrected chi connectivity index (χ0v) is 11.2. The standard InChI is InChI=1S/C16H21NO/c1-12-7-9-16(11-17,10-8-12)15(18)14-6-4-3-5-13(14)2/h3-6,12,15,18H,7-10H2,1-2H3. The molecule has 0 aliphatic heterocycles. The molecule has 1 atom stereocenters. The Morgan fingerprint density at radius 2 is 1.94 bits per heavy atom. The van der Waals surface area contributed by atoms with Crippen LogP contribution in [0, 0.1) is 29.6 Å². The number of aliphatic hydroxyl groups is 1. The Morgan fingerprint density at radius 1 is 1.33 bits per heavy atom. The number of rotatable bonds is 2. The second kappa shape index (κ2) is 5.12. The minimum Gasteiger partial charge on any atom is -0.387 e. The summed E-state index contributed by atoms with van der Waals surface area (Å²) in [5.41, 5.74) is 1.39. The fourth-order valence-corrected chi connectivity index (χ4v) is 2.91. The third kappa shape index (κ3) is 2.28. The van der Waals surface area contributed by atoms with Crippen molar-refractivity contribution in [2.24, 2.45) is 11.3 Å². The van der Waals surface area contributed by atoms with Gasteiger partial charge in [-0.05, 0) is 49.7 Å². The highest BCUT2D eigenvalue weighted by molar-refractivity contribution is 5.31. The van der Waals surface area contributed by atoms with Gasteiger partial charge in [0.05, 0.1) is 17.6 Å². The molecule has 1 saturated carbocycles. The van der Waals surface area contributed by atoms with E-state index < -0.39 is 11.5 Å². The highest BCUT2D eigenvalue weighted by Crippen LogP contribution is 2.47. The van der Waals surface area contributed by atoms with Crippen LogP contribution in [0.3, 0.4) is 0 Å². The molecule has 2 heteroatoms. The summed E-state index contributed by atoms with van der Waals surface area (Å²) in [6.45, 7) is 4.22. The predicted octanol–water partition coefficient (Wildman–Crippen LogP) is 3.75. The number of hydrogen-bond donors (Lipinski definition) is 1. The van der Waals surface area contributed by atoms with Crippen LogP contribution in [0.4, 0.5) is 0 Å². The van der Waals surface area contributed by atoms with Crippen LogP contribution in [0.15, 0.2) is 24.3 Å². The maximum absolute atomic E-state index is 10.6. The molecule has 0 aromatic heterocycles. The van der Waals surface area contributed by atoms with Crippen molar-refractivity contribution < 1.29 is 5.11 Å². The lowest BCUT2D eigenvalue weighted by Crippen LogP contribution is -2.32. The zero-order chi connectivity index (χ0) is 13.2. The molecular formula is C16H21NO. The molecule has 0 heterocycles. The van der Waals surface area contributed by atoms with Gasteiger partial charge in [0.1, 0.15) is 0 Å². The van der Waals surface area contributed by atoms with Crippen LogP contribution >= 0.6 is 0 Å². The Kier molecular flexibility index (Phi) is 3.73. The molecule has 2 nitrogen and oxygen atoms in total. The van der Waals surface area contributed by atoms with E-state index in [1.165, 1.54) is 0 Å². The topological polar surface area (TPSA) is 44.0 Å². The first-order valence-corrected chi connectivity index (χ1v) is 6.74. The molecule has 1 unspecified atom stereocenters. The fraction of sp³-hybridized carbons (Fsp3) is 0.562. The zero-order valence-electron chi connectivity index (χ0n) is 11.2. The van der Waals surface area contributed by atoms with Gasteiger partial charge in [0, 0.05) is 0 Å². The summed E-state index contributed by atoms with van der Waals surface area (Å²) >= 11 is 0. The van der Waals surface area contributed by atoms with Gasteiger partial charge >= 0.3 is 0 Å². The quantitative estimate of drug-likeness (QED) is 0.859. The van der Waals surface area contributed by atoms with Crippen LogP contribution in [0.25, 0.3) is 0 Å². The maximum atomic E-state index is 10.6. The molecule has 0 spiro atoms. The predicted molar refractivity (Wildman–Crippen MR) is 71.8 cm³/mol. The van der Waals surface area contributed by atoms with Crippen molar-refractivity contribution in [1.29, 1.82) is 5.26 Å². The molecule has 1 fully saturated rings. The molecular weight excluding hydrogens is 222 g/mol. The number of aliphatic hydroxyl groups excluding tert-OH is 1. The van der Waals surface area contributed by atoms with Crippen molar-refractivity contribution in [3.63, 3.8) is 0 Å². The minimum absolute atomic E-state index is 0.585. The van der Waals surface area contributed by atoms with E-state index in [4.69, 9.17) is 0 Å². The smallest absolute Gasteiger partial charge is 0.0978 e. The summed E-state index contributed by atoms with van der Waals surface area (Å²) < 4.78 is 0. The summed E-state index contributed by atoms with van der Waals surface area (Å²) in [6, 6.07) is 10.2. The van der Waals surface area contributed by atoms with E-state index in [1.807, 2.05) is 31.2 Å². The van der Waals surface area contributed by atoms with E-state index in [2.05, 4.69) is 13.0 Å². The first-order valence-electron chi connectivity index (χ1n) is 6.74. The van der Waals surface area contributed by atoms with Gasteiger partial charge in [-0.3, -0.25) is 0 Å². The average Bonchev–Trinajstić information content (AvgIpc) is 2.40. The molecule has 2 rings (SSSR count). The van der Waals surface area contributed by atoms with Gasteiger partial charge in [-0.15, -0.1) is 0 Å². The maximum Gasteiger partial charge on any atom is 0.0978 e. The Labute approximate surface area is 109 Å². The summed E-state index contributed by atoms with van der Waals surface area (Å²) in [5, 5.41) is 20.2. The van der Waals surface area contributed by atoms with Gasteiger partial charge in [-0.1, -0.05) is 31.2 Å². The van der Waals surface area contributed by atoms with Crippen molar-refractivity contribution in [2.45, 2.75) is 45.6 Å². The van der Waals surface area contributed by atoms with Gasteiger partial charge in [-0.2, -0.15) is 5.26 Å². The normalized spacial score (nSPS) is 29.6. The lowest BCUT2D eigenvalue weighted by atomic mass is 9.67. The highest BCUT2D eigenvalue weighted by atomic mass is 16.3. The molecule has 1 N–H and O–H groups in total. The summed E-state index contributed by atoms with van der Waals surface area (Å²) in [7, 11) is 0. The molecule has 0 amide bonds. The Hall–Kier alpha value is -1.33. The van der Waals surface area contributed by atoms with E-state index in [9.17, 15) is 10.4 Å². The average molecular weight is 243 g/mol. The van der Waals surface area contributed by atoms with Crippen molar-refractivity contribution in [3.05, 3.63) is 35.4 Å². The third-order valence-corrected chi connectivity index (χ3v) is 4.40. The van der Waals surface area contributed by atoms with Crippen LogP contribution in [0.5, 0.6) is 0 Å². The van der Waals surface area contributed by atoms with Crippen molar-refractivity contribution in [1.82, 2.24) is 0 Å². The SMILES string of the molecule is Cc1ccccc1C(O)C1(C#N)CCC(C)CC1. The van der Waals surface area contributed by atoms with Gasteiger partial charge in [-0.25, -0.2) is 0 Å². The minimum atomic E-state index is -0.656.